The first kappa shape index (κ1) is 14.9. The summed E-state index contributed by atoms with van der Waals surface area (Å²) in [5, 5.41) is 9.12. The summed E-state index contributed by atoms with van der Waals surface area (Å²) >= 11 is 0. The molecule has 1 aromatic carbocycles. The number of nitrogens with zero attached hydrogens (tertiary/aromatic N) is 1. The van der Waals surface area contributed by atoms with Crippen LogP contribution in [0.5, 0.6) is 0 Å². The fourth-order valence-electron chi connectivity index (χ4n) is 2.04. The van der Waals surface area contributed by atoms with Crippen LogP contribution in [-0.4, -0.2) is 24.8 Å². The van der Waals surface area contributed by atoms with Crippen LogP contribution in [0.15, 0.2) is 18.2 Å². The minimum atomic E-state index is -0.269. The summed E-state index contributed by atoms with van der Waals surface area (Å²) < 4.78 is 14.0. The van der Waals surface area contributed by atoms with E-state index in [9.17, 15) is 4.39 Å². The summed E-state index contributed by atoms with van der Waals surface area (Å²) in [5.74, 6) is -0.269. The Labute approximate surface area is 108 Å². The van der Waals surface area contributed by atoms with Gasteiger partial charge in [0.25, 0.3) is 0 Å². The van der Waals surface area contributed by atoms with Gasteiger partial charge < -0.3 is 15.7 Å². The predicted molar refractivity (Wildman–Crippen MR) is 73.2 cm³/mol. The third kappa shape index (κ3) is 3.68. The van der Waals surface area contributed by atoms with Gasteiger partial charge in [-0.1, -0.05) is 25.5 Å². The summed E-state index contributed by atoms with van der Waals surface area (Å²) in [6.45, 7) is 5.11. The number of halogens is 1. The summed E-state index contributed by atoms with van der Waals surface area (Å²) in [5.41, 5.74) is 7.22. The van der Waals surface area contributed by atoms with E-state index in [-0.39, 0.29) is 18.5 Å². The summed E-state index contributed by atoms with van der Waals surface area (Å²) in [6.07, 6.45) is 2.00. The van der Waals surface area contributed by atoms with Crippen LogP contribution in [-0.2, 0) is 0 Å². The first-order valence-electron chi connectivity index (χ1n) is 6.51. The number of aliphatic hydroxyl groups is 1. The van der Waals surface area contributed by atoms with Gasteiger partial charge in [0, 0.05) is 19.1 Å². The van der Waals surface area contributed by atoms with E-state index in [1.165, 1.54) is 6.07 Å². The van der Waals surface area contributed by atoms with Gasteiger partial charge in [0.15, 0.2) is 0 Å². The number of rotatable bonds is 7. The second-order valence-electron chi connectivity index (χ2n) is 4.53. The summed E-state index contributed by atoms with van der Waals surface area (Å²) in [7, 11) is 0. The van der Waals surface area contributed by atoms with E-state index in [0.29, 0.717) is 12.2 Å². The van der Waals surface area contributed by atoms with Gasteiger partial charge in [0.1, 0.15) is 5.82 Å². The Bertz CT molecular complexity index is 369. The molecule has 0 radical (unpaired) electrons. The Morgan fingerprint density at radius 1 is 1.39 bits per heavy atom. The van der Waals surface area contributed by atoms with E-state index in [2.05, 4.69) is 6.92 Å². The van der Waals surface area contributed by atoms with Crippen LogP contribution in [0.25, 0.3) is 0 Å². The lowest BCUT2D eigenvalue weighted by molar-refractivity contribution is 0.301. The van der Waals surface area contributed by atoms with Crippen molar-refractivity contribution >= 4 is 5.69 Å². The highest BCUT2D eigenvalue weighted by Crippen LogP contribution is 2.28. The highest BCUT2D eigenvalue weighted by molar-refractivity contribution is 5.56. The number of unbranched alkanes of at least 4 members (excludes halogenated alkanes) is 1. The van der Waals surface area contributed by atoms with Crippen molar-refractivity contribution in [3.8, 4) is 0 Å². The number of aliphatic hydroxyl groups excluding tert-OH is 1. The largest absolute Gasteiger partial charge is 0.395 e. The molecule has 0 aliphatic carbocycles. The van der Waals surface area contributed by atoms with Crippen LogP contribution >= 0.6 is 0 Å². The lowest BCUT2D eigenvalue weighted by Crippen LogP contribution is -2.30. The minimum Gasteiger partial charge on any atom is -0.395 e. The maximum absolute atomic E-state index is 14.0. The zero-order valence-electron chi connectivity index (χ0n) is 11.2. The predicted octanol–water partition coefficient (Wildman–Crippen LogP) is 2.44. The Kier molecular flexibility index (Phi) is 6.09. The van der Waals surface area contributed by atoms with E-state index in [1.807, 2.05) is 17.9 Å². The molecule has 1 atom stereocenters. The lowest BCUT2D eigenvalue weighted by Gasteiger charge is -2.28. The molecule has 1 rings (SSSR count). The average molecular weight is 254 g/mol. The van der Waals surface area contributed by atoms with E-state index >= 15 is 0 Å². The molecular weight excluding hydrogens is 231 g/mol. The summed E-state index contributed by atoms with van der Waals surface area (Å²) in [6, 6.07) is 4.74. The van der Waals surface area contributed by atoms with Crippen molar-refractivity contribution in [3.05, 3.63) is 29.6 Å². The number of nitrogens with two attached hydrogens (primary N) is 1. The van der Waals surface area contributed by atoms with Crippen molar-refractivity contribution < 1.29 is 9.50 Å². The number of hydrogen-bond donors (Lipinski definition) is 2. The number of benzene rings is 1. The Balaban J connectivity index is 3.08. The molecule has 0 saturated carbocycles. The topological polar surface area (TPSA) is 49.5 Å². The molecule has 4 heteroatoms. The molecule has 0 spiro atoms. The third-order valence-corrected chi connectivity index (χ3v) is 2.98. The molecule has 0 fully saturated rings. The molecule has 1 aromatic rings. The fourth-order valence-corrected chi connectivity index (χ4v) is 2.04. The minimum absolute atomic E-state index is 0.0104. The van der Waals surface area contributed by atoms with Gasteiger partial charge >= 0.3 is 0 Å². The van der Waals surface area contributed by atoms with Crippen LogP contribution in [0.4, 0.5) is 10.1 Å². The maximum Gasteiger partial charge on any atom is 0.146 e. The molecule has 3 N–H and O–H groups in total. The normalized spacial score (nSPS) is 12.5. The first-order valence-corrected chi connectivity index (χ1v) is 6.51. The van der Waals surface area contributed by atoms with Gasteiger partial charge in [-0.25, -0.2) is 4.39 Å². The quantitative estimate of drug-likeness (QED) is 0.785. The smallest absolute Gasteiger partial charge is 0.146 e. The number of para-hydroxylation sites is 1. The molecule has 18 heavy (non-hydrogen) atoms. The zero-order chi connectivity index (χ0) is 13.5. The second-order valence-corrected chi connectivity index (χ2v) is 4.53. The maximum atomic E-state index is 14.0. The van der Waals surface area contributed by atoms with Crippen LogP contribution in [0.1, 0.15) is 38.3 Å². The van der Waals surface area contributed by atoms with Gasteiger partial charge in [-0.3, -0.25) is 0 Å². The van der Waals surface area contributed by atoms with Crippen LogP contribution in [0.2, 0.25) is 0 Å². The van der Waals surface area contributed by atoms with Gasteiger partial charge in [0.2, 0.25) is 0 Å². The van der Waals surface area contributed by atoms with Crippen molar-refractivity contribution in [3.63, 3.8) is 0 Å². The van der Waals surface area contributed by atoms with Crippen molar-refractivity contribution in [2.75, 3.05) is 24.6 Å². The number of anilines is 1. The van der Waals surface area contributed by atoms with Gasteiger partial charge in [0.05, 0.1) is 12.3 Å². The van der Waals surface area contributed by atoms with Crippen LogP contribution in [0, 0.1) is 5.82 Å². The molecule has 0 saturated heterocycles. The number of hydrogen-bond acceptors (Lipinski definition) is 3. The average Bonchev–Trinajstić information content (AvgIpc) is 2.34. The highest BCUT2D eigenvalue weighted by Gasteiger charge is 2.17. The van der Waals surface area contributed by atoms with Gasteiger partial charge in [-0.15, -0.1) is 0 Å². The molecule has 0 aromatic heterocycles. The van der Waals surface area contributed by atoms with E-state index in [4.69, 9.17) is 10.8 Å². The van der Waals surface area contributed by atoms with E-state index in [0.717, 1.165) is 24.9 Å². The van der Waals surface area contributed by atoms with E-state index < -0.39 is 0 Å². The third-order valence-electron chi connectivity index (χ3n) is 2.98. The standard InChI is InChI=1S/C14H23FN2O/c1-3-4-8-17(9-10-18)14-12(11(2)16)6-5-7-13(14)15/h5-7,11,18H,3-4,8-10,16H2,1-2H3/t11-/m1/s1. The Morgan fingerprint density at radius 2 is 2.11 bits per heavy atom. The van der Waals surface area contributed by atoms with Crippen molar-refractivity contribution in [1.82, 2.24) is 0 Å². The Hall–Kier alpha value is -1.13. The van der Waals surface area contributed by atoms with Gasteiger partial charge in [-0.2, -0.15) is 0 Å². The second kappa shape index (κ2) is 7.34. The lowest BCUT2D eigenvalue weighted by atomic mass is 10.0. The molecule has 0 amide bonds. The summed E-state index contributed by atoms with van der Waals surface area (Å²) in [4.78, 5) is 1.89. The zero-order valence-corrected chi connectivity index (χ0v) is 11.2. The molecule has 0 aliphatic heterocycles. The van der Waals surface area contributed by atoms with Crippen molar-refractivity contribution in [1.29, 1.82) is 0 Å². The SMILES string of the molecule is CCCCN(CCO)c1c(F)cccc1[C@@H](C)N. The van der Waals surface area contributed by atoms with E-state index in [1.54, 1.807) is 6.07 Å². The molecule has 102 valence electrons. The van der Waals surface area contributed by atoms with Crippen LogP contribution in [0.3, 0.4) is 0 Å². The highest BCUT2D eigenvalue weighted by atomic mass is 19.1. The molecule has 0 heterocycles. The van der Waals surface area contributed by atoms with Crippen molar-refractivity contribution in [2.45, 2.75) is 32.7 Å². The molecule has 0 bridgehead atoms. The monoisotopic (exact) mass is 254 g/mol. The fraction of sp³-hybridized carbons (Fsp3) is 0.571. The van der Waals surface area contributed by atoms with Crippen LogP contribution < -0.4 is 10.6 Å². The molecule has 3 nitrogen and oxygen atoms in total. The van der Waals surface area contributed by atoms with Gasteiger partial charge in [-0.05, 0) is 25.0 Å². The van der Waals surface area contributed by atoms with Crippen molar-refractivity contribution in [2.24, 2.45) is 5.73 Å². The first-order chi connectivity index (χ1) is 8.61. The molecular formula is C14H23FN2O. The molecule has 0 unspecified atom stereocenters. The molecule has 0 aliphatic rings. The Morgan fingerprint density at radius 3 is 2.67 bits per heavy atom.